The largest absolute Gasteiger partial charge is 0.325 e. The van der Waals surface area contributed by atoms with Crippen LogP contribution in [0.15, 0.2) is 144 Å². The van der Waals surface area contributed by atoms with E-state index in [0.29, 0.717) is 32.4 Å². The SMILES string of the molecule is O=C(Nc1cccc(SC(C(=O)Nc2cccc(Cl)c2)c2ccccc2)c1)/C(=C\c1ccc([N+](=O)[O-])cc1)NC(=O)c1ccccc1. The molecule has 0 fully saturated rings. The number of hydrogen-bond donors (Lipinski definition) is 3. The smallest absolute Gasteiger partial charge is 0.272 e. The number of nitrogens with one attached hydrogen (secondary N) is 3. The predicted octanol–water partition coefficient (Wildman–Crippen LogP) is 8.13. The van der Waals surface area contributed by atoms with Crippen molar-refractivity contribution in [3.63, 3.8) is 0 Å². The van der Waals surface area contributed by atoms with Gasteiger partial charge >= 0.3 is 0 Å². The minimum absolute atomic E-state index is 0.0752. The standard InChI is InChI=1S/C36H27ClN4O5S/c37-27-13-7-14-28(22-27)39-36(44)33(25-9-3-1-4-10-25)47-31-16-8-15-29(23-31)38-35(43)32(40-34(42)26-11-5-2-6-12-26)21-24-17-19-30(20-18-24)41(45)46/h1-23,33H,(H,38,43)(H,39,44)(H,40,42)/b32-21+. The first-order valence-corrected chi connectivity index (χ1v) is 15.5. The van der Waals surface area contributed by atoms with Crippen molar-refractivity contribution < 1.29 is 19.3 Å². The van der Waals surface area contributed by atoms with Gasteiger partial charge in [0.25, 0.3) is 17.5 Å². The molecule has 3 amide bonds. The van der Waals surface area contributed by atoms with Crippen molar-refractivity contribution in [1.29, 1.82) is 0 Å². The van der Waals surface area contributed by atoms with E-state index < -0.39 is 22.0 Å². The molecule has 0 spiro atoms. The van der Waals surface area contributed by atoms with E-state index >= 15 is 0 Å². The quantitative estimate of drug-likeness (QED) is 0.0567. The van der Waals surface area contributed by atoms with Gasteiger partial charge in [-0.2, -0.15) is 0 Å². The molecular weight excluding hydrogens is 636 g/mol. The molecule has 47 heavy (non-hydrogen) atoms. The highest BCUT2D eigenvalue weighted by atomic mass is 35.5. The molecule has 0 saturated heterocycles. The molecule has 5 aromatic rings. The molecule has 5 rings (SSSR count). The van der Waals surface area contributed by atoms with Gasteiger partial charge < -0.3 is 16.0 Å². The highest BCUT2D eigenvalue weighted by molar-refractivity contribution is 8.00. The number of nitro benzene ring substituents is 1. The van der Waals surface area contributed by atoms with E-state index in [-0.39, 0.29) is 17.3 Å². The van der Waals surface area contributed by atoms with Crippen molar-refractivity contribution in [1.82, 2.24) is 5.32 Å². The van der Waals surface area contributed by atoms with Crippen molar-refractivity contribution in [3.05, 3.63) is 171 Å². The Bertz CT molecular complexity index is 1940. The Labute approximate surface area is 279 Å². The summed E-state index contributed by atoms with van der Waals surface area (Å²) in [5.74, 6) is -1.38. The van der Waals surface area contributed by atoms with Crippen molar-refractivity contribution in [2.75, 3.05) is 10.6 Å². The van der Waals surface area contributed by atoms with Gasteiger partial charge in [0.1, 0.15) is 10.9 Å². The van der Waals surface area contributed by atoms with Gasteiger partial charge in [0.05, 0.1) is 4.92 Å². The monoisotopic (exact) mass is 662 g/mol. The topological polar surface area (TPSA) is 130 Å². The maximum Gasteiger partial charge on any atom is 0.272 e. The summed E-state index contributed by atoms with van der Waals surface area (Å²) in [6, 6.07) is 37.2. The molecule has 1 unspecified atom stereocenters. The van der Waals surface area contributed by atoms with Gasteiger partial charge in [-0.3, -0.25) is 24.5 Å². The summed E-state index contributed by atoms with van der Waals surface area (Å²) in [4.78, 5) is 51.3. The van der Waals surface area contributed by atoms with E-state index in [1.165, 1.54) is 42.1 Å². The van der Waals surface area contributed by atoms with Crippen LogP contribution in [0.25, 0.3) is 6.08 Å². The van der Waals surface area contributed by atoms with Crippen molar-refractivity contribution in [2.24, 2.45) is 0 Å². The third-order valence-corrected chi connectivity index (χ3v) is 8.21. The molecule has 3 N–H and O–H groups in total. The Kier molecular flexibility index (Phi) is 10.8. The number of amides is 3. The average Bonchev–Trinajstić information content (AvgIpc) is 3.08. The van der Waals surface area contributed by atoms with Crippen LogP contribution in [0.5, 0.6) is 0 Å². The molecule has 0 aromatic heterocycles. The second-order valence-corrected chi connectivity index (χ2v) is 11.7. The number of nitro groups is 1. The summed E-state index contributed by atoms with van der Waals surface area (Å²) in [6.07, 6.45) is 1.43. The molecule has 0 bridgehead atoms. The van der Waals surface area contributed by atoms with Gasteiger partial charge in [-0.1, -0.05) is 72.3 Å². The molecule has 5 aromatic carbocycles. The lowest BCUT2D eigenvalue weighted by atomic mass is 10.1. The highest BCUT2D eigenvalue weighted by Crippen LogP contribution is 2.37. The second-order valence-electron chi connectivity index (χ2n) is 10.1. The molecular formula is C36H27ClN4O5S. The lowest BCUT2D eigenvalue weighted by Crippen LogP contribution is -2.30. The Morgan fingerprint density at radius 2 is 1.38 bits per heavy atom. The molecule has 0 aliphatic heterocycles. The predicted molar refractivity (Wildman–Crippen MR) is 185 cm³/mol. The van der Waals surface area contributed by atoms with Gasteiger partial charge in [-0.15, -0.1) is 11.8 Å². The van der Waals surface area contributed by atoms with Gasteiger partial charge in [0, 0.05) is 39.0 Å². The van der Waals surface area contributed by atoms with Crippen LogP contribution in [0.1, 0.15) is 26.7 Å². The molecule has 9 nitrogen and oxygen atoms in total. The number of non-ortho nitro benzene ring substituents is 1. The lowest BCUT2D eigenvalue weighted by Gasteiger charge is -2.18. The summed E-state index contributed by atoms with van der Waals surface area (Å²) >= 11 is 7.42. The van der Waals surface area contributed by atoms with Crippen LogP contribution in [0.3, 0.4) is 0 Å². The van der Waals surface area contributed by atoms with Crippen LogP contribution in [0.2, 0.25) is 5.02 Å². The molecule has 0 aliphatic rings. The van der Waals surface area contributed by atoms with E-state index in [9.17, 15) is 24.5 Å². The minimum atomic E-state index is -0.635. The highest BCUT2D eigenvalue weighted by Gasteiger charge is 2.23. The summed E-state index contributed by atoms with van der Waals surface area (Å²) < 4.78 is 0. The van der Waals surface area contributed by atoms with Crippen LogP contribution in [-0.2, 0) is 9.59 Å². The number of halogens is 1. The molecule has 0 saturated carbocycles. The van der Waals surface area contributed by atoms with Gasteiger partial charge in [-0.05, 0) is 77.9 Å². The normalized spacial score (nSPS) is 11.6. The molecule has 234 valence electrons. The Hall–Kier alpha value is -5.71. The zero-order chi connectivity index (χ0) is 33.2. The third-order valence-electron chi connectivity index (χ3n) is 6.72. The van der Waals surface area contributed by atoms with Gasteiger partial charge in [0.15, 0.2) is 0 Å². The number of carbonyl (C=O) groups is 3. The second kappa shape index (κ2) is 15.5. The Morgan fingerprint density at radius 3 is 2.04 bits per heavy atom. The minimum Gasteiger partial charge on any atom is -0.325 e. The zero-order valence-corrected chi connectivity index (χ0v) is 26.2. The first-order valence-electron chi connectivity index (χ1n) is 14.3. The fourth-order valence-corrected chi connectivity index (χ4v) is 5.73. The van der Waals surface area contributed by atoms with E-state index in [2.05, 4.69) is 16.0 Å². The van der Waals surface area contributed by atoms with E-state index in [4.69, 9.17) is 11.6 Å². The summed E-state index contributed by atoms with van der Waals surface area (Å²) in [6.45, 7) is 0. The van der Waals surface area contributed by atoms with Gasteiger partial charge in [0.2, 0.25) is 5.91 Å². The number of hydrogen-bond acceptors (Lipinski definition) is 6. The molecule has 0 aliphatic carbocycles. The zero-order valence-electron chi connectivity index (χ0n) is 24.6. The lowest BCUT2D eigenvalue weighted by molar-refractivity contribution is -0.384. The molecule has 0 radical (unpaired) electrons. The van der Waals surface area contributed by atoms with Crippen molar-refractivity contribution >= 4 is 64.2 Å². The number of thioether (sulfide) groups is 1. The van der Waals surface area contributed by atoms with Crippen LogP contribution in [-0.4, -0.2) is 22.6 Å². The molecule has 1 atom stereocenters. The fraction of sp³-hybridized carbons (Fsp3) is 0.0278. The Balaban J connectivity index is 1.38. The van der Waals surface area contributed by atoms with Crippen molar-refractivity contribution in [2.45, 2.75) is 10.1 Å². The maximum atomic E-state index is 13.6. The van der Waals surface area contributed by atoms with Crippen LogP contribution < -0.4 is 16.0 Å². The van der Waals surface area contributed by atoms with Crippen LogP contribution >= 0.6 is 23.4 Å². The first-order chi connectivity index (χ1) is 22.7. The van der Waals surface area contributed by atoms with Gasteiger partial charge in [-0.25, -0.2) is 0 Å². The third kappa shape index (κ3) is 9.16. The van der Waals surface area contributed by atoms with Crippen LogP contribution in [0.4, 0.5) is 17.1 Å². The number of benzene rings is 5. The number of rotatable bonds is 11. The van der Waals surface area contributed by atoms with Crippen molar-refractivity contribution in [3.8, 4) is 0 Å². The average molecular weight is 663 g/mol. The first kappa shape index (κ1) is 32.7. The van der Waals surface area contributed by atoms with E-state index in [1.54, 1.807) is 72.8 Å². The number of carbonyl (C=O) groups excluding carboxylic acids is 3. The van der Waals surface area contributed by atoms with Crippen LogP contribution in [0, 0.1) is 10.1 Å². The maximum absolute atomic E-state index is 13.6. The fourth-order valence-electron chi connectivity index (χ4n) is 4.46. The van der Waals surface area contributed by atoms with E-state index in [0.717, 1.165) is 5.56 Å². The number of anilines is 2. The Morgan fingerprint density at radius 1 is 0.745 bits per heavy atom. The molecule has 0 heterocycles. The summed E-state index contributed by atoms with van der Waals surface area (Å²) in [5, 5.41) is 19.4. The molecule has 11 heteroatoms. The van der Waals surface area contributed by atoms with E-state index in [1.807, 2.05) is 36.4 Å². The number of nitrogens with zero attached hydrogens (tertiary/aromatic N) is 1. The summed E-state index contributed by atoms with van der Waals surface area (Å²) in [5.41, 5.74) is 2.40. The summed E-state index contributed by atoms with van der Waals surface area (Å²) in [7, 11) is 0.